The molecule has 112 valence electrons. The van der Waals surface area contributed by atoms with E-state index in [9.17, 15) is 0 Å². The minimum atomic E-state index is 0.581. The Labute approximate surface area is 130 Å². The predicted octanol–water partition coefficient (Wildman–Crippen LogP) is 2.78. The van der Waals surface area contributed by atoms with Gasteiger partial charge in [-0.1, -0.05) is 37.3 Å². The van der Waals surface area contributed by atoms with E-state index in [0.717, 1.165) is 24.2 Å². The van der Waals surface area contributed by atoms with E-state index in [2.05, 4.69) is 47.3 Å². The molecule has 0 aliphatic carbocycles. The molecule has 1 fully saturated rings. The zero-order chi connectivity index (χ0) is 15.0. The Bertz CT molecular complexity index is 608. The van der Waals surface area contributed by atoms with Crippen LogP contribution in [0.5, 0.6) is 0 Å². The zero-order valence-corrected chi connectivity index (χ0v) is 13.6. The quantitative estimate of drug-likeness (QED) is 0.947. The van der Waals surface area contributed by atoms with Crippen LogP contribution in [0, 0.1) is 5.92 Å². The molecule has 2 aromatic rings. The second-order valence-electron chi connectivity index (χ2n) is 6.03. The summed E-state index contributed by atoms with van der Waals surface area (Å²) in [7, 11) is 4.31. The topological polar surface area (TPSA) is 45.4 Å². The van der Waals surface area contributed by atoms with Crippen LogP contribution in [0.15, 0.2) is 30.3 Å². The van der Waals surface area contributed by atoms with Crippen LogP contribution in [0.4, 0.5) is 10.8 Å². The number of likely N-dealkylation sites (N-methyl/N-ethyl adjacent to an activating group) is 1. The number of nitrogens with zero attached hydrogens (tertiary/aromatic N) is 3. The molecule has 1 aromatic carbocycles. The average molecular weight is 302 g/mol. The van der Waals surface area contributed by atoms with Crippen molar-refractivity contribution in [2.24, 2.45) is 5.92 Å². The third-order valence-corrected chi connectivity index (χ3v) is 5.21. The SMILES string of the molecule is CC1CN(c2snc(N)c2-c2ccccc2)CC1N(C)C. The standard InChI is InChI=1S/C16H22N4S/c1-11-9-20(10-13(11)19(2)3)16-14(15(17)18-21-16)12-7-5-4-6-8-12/h4-8,11,13H,9-10H2,1-3H3,(H2,17,18). The summed E-state index contributed by atoms with van der Waals surface area (Å²) in [5, 5.41) is 1.20. The van der Waals surface area contributed by atoms with Crippen molar-refractivity contribution in [2.45, 2.75) is 13.0 Å². The minimum absolute atomic E-state index is 0.581. The molecule has 0 radical (unpaired) electrons. The van der Waals surface area contributed by atoms with E-state index in [1.807, 2.05) is 18.2 Å². The molecule has 3 rings (SSSR count). The number of nitrogens with two attached hydrogens (primary N) is 1. The number of hydrogen-bond acceptors (Lipinski definition) is 5. The molecule has 1 aromatic heterocycles. The molecular weight excluding hydrogens is 280 g/mol. The Morgan fingerprint density at radius 3 is 2.57 bits per heavy atom. The maximum atomic E-state index is 6.13. The van der Waals surface area contributed by atoms with Crippen molar-refractivity contribution in [3.05, 3.63) is 30.3 Å². The van der Waals surface area contributed by atoms with Gasteiger partial charge in [0.25, 0.3) is 0 Å². The monoisotopic (exact) mass is 302 g/mol. The van der Waals surface area contributed by atoms with Crippen LogP contribution in [-0.2, 0) is 0 Å². The molecule has 0 spiro atoms. The van der Waals surface area contributed by atoms with Gasteiger partial charge in [0.15, 0.2) is 0 Å². The summed E-state index contributed by atoms with van der Waals surface area (Å²) < 4.78 is 4.40. The molecule has 2 heterocycles. The summed E-state index contributed by atoms with van der Waals surface area (Å²) in [5.74, 6) is 1.29. The van der Waals surface area contributed by atoms with Gasteiger partial charge in [0.1, 0.15) is 10.8 Å². The maximum Gasteiger partial charge on any atom is 0.147 e. The van der Waals surface area contributed by atoms with Crippen molar-refractivity contribution in [1.29, 1.82) is 0 Å². The van der Waals surface area contributed by atoms with E-state index < -0.39 is 0 Å². The fraction of sp³-hybridized carbons (Fsp3) is 0.438. The van der Waals surface area contributed by atoms with Gasteiger partial charge in [-0.2, -0.15) is 4.37 Å². The summed E-state index contributed by atoms with van der Waals surface area (Å²) in [5.41, 5.74) is 8.37. The summed E-state index contributed by atoms with van der Waals surface area (Å²) in [6.45, 7) is 4.41. The number of hydrogen-bond donors (Lipinski definition) is 1. The van der Waals surface area contributed by atoms with Crippen molar-refractivity contribution < 1.29 is 0 Å². The molecule has 1 aliphatic heterocycles. The number of aromatic nitrogens is 1. The Balaban J connectivity index is 1.95. The maximum absolute atomic E-state index is 6.13. The van der Waals surface area contributed by atoms with Crippen LogP contribution >= 0.6 is 11.5 Å². The van der Waals surface area contributed by atoms with Gasteiger partial charge in [-0.25, -0.2) is 0 Å². The molecule has 0 bridgehead atoms. The second-order valence-corrected chi connectivity index (χ2v) is 6.78. The first-order valence-corrected chi connectivity index (χ1v) is 8.07. The van der Waals surface area contributed by atoms with E-state index >= 15 is 0 Å². The molecular formula is C16H22N4S. The Hall–Kier alpha value is -1.59. The van der Waals surface area contributed by atoms with Crippen molar-refractivity contribution in [3.63, 3.8) is 0 Å². The highest BCUT2D eigenvalue weighted by Gasteiger charge is 2.33. The van der Waals surface area contributed by atoms with Crippen LogP contribution < -0.4 is 10.6 Å². The van der Waals surface area contributed by atoms with Gasteiger partial charge < -0.3 is 15.5 Å². The molecule has 0 amide bonds. The molecule has 2 atom stereocenters. The van der Waals surface area contributed by atoms with Crippen LogP contribution in [0.25, 0.3) is 11.1 Å². The lowest BCUT2D eigenvalue weighted by Crippen LogP contribution is -2.34. The number of anilines is 2. The Kier molecular flexibility index (Phi) is 3.87. The molecule has 2 unspecified atom stereocenters. The first-order valence-electron chi connectivity index (χ1n) is 7.30. The van der Waals surface area contributed by atoms with Crippen LogP contribution in [-0.4, -0.2) is 42.5 Å². The predicted molar refractivity (Wildman–Crippen MR) is 90.8 cm³/mol. The first-order chi connectivity index (χ1) is 10.1. The minimum Gasteiger partial charge on any atom is -0.382 e. The molecule has 1 saturated heterocycles. The van der Waals surface area contributed by atoms with E-state index in [1.165, 1.54) is 16.5 Å². The smallest absolute Gasteiger partial charge is 0.147 e. The van der Waals surface area contributed by atoms with Gasteiger partial charge in [-0.05, 0) is 37.1 Å². The van der Waals surface area contributed by atoms with E-state index in [0.29, 0.717) is 17.8 Å². The highest BCUT2D eigenvalue weighted by Crippen LogP contribution is 2.41. The van der Waals surface area contributed by atoms with Gasteiger partial charge in [0.2, 0.25) is 0 Å². The van der Waals surface area contributed by atoms with Crippen LogP contribution in [0.2, 0.25) is 0 Å². The van der Waals surface area contributed by atoms with Crippen molar-refractivity contribution >= 4 is 22.4 Å². The third kappa shape index (κ3) is 2.63. The summed E-state index contributed by atoms with van der Waals surface area (Å²) in [6, 6.07) is 10.9. The first kappa shape index (κ1) is 14.4. The van der Waals surface area contributed by atoms with E-state index in [-0.39, 0.29) is 0 Å². The highest BCUT2D eigenvalue weighted by molar-refractivity contribution is 7.11. The largest absolute Gasteiger partial charge is 0.382 e. The van der Waals surface area contributed by atoms with Crippen LogP contribution in [0.1, 0.15) is 6.92 Å². The fourth-order valence-electron chi connectivity index (χ4n) is 3.17. The lowest BCUT2D eigenvalue weighted by molar-refractivity contribution is 0.266. The molecule has 2 N–H and O–H groups in total. The highest BCUT2D eigenvalue weighted by atomic mass is 32.1. The van der Waals surface area contributed by atoms with Crippen molar-refractivity contribution in [3.8, 4) is 11.1 Å². The van der Waals surface area contributed by atoms with Gasteiger partial charge >= 0.3 is 0 Å². The molecule has 0 saturated carbocycles. The fourth-order valence-corrected chi connectivity index (χ4v) is 4.03. The zero-order valence-electron chi connectivity index (χ0n) is 12.8. The normalized spacial score (nSPS) is 22.2. The van der Waals surface area contributed by atoms with Crippen LogP contribution in [0.3, 0.4) is 0 Å². The number of rotatable bonds is 3. The Morgan fingerprint density at radius 1 is 1.24 bits per heavy atom. The second kappa shape index (κ2) is 5.66. The third-order valence-electron chi connectivity index (χ3n) is 4.29. The molecule has 5 heteroatoms. The summed E-state index contributed by atoms with van der Waals surface area (Å²) in [6.07, 6.45) is 0. The van der Waals surface area contributed by atoms with E-state index in [1.54, 1.807) is 0 Å². The van der Waals surface area contributed by atoms with E-state index in [4.69, 9.17) is 5.73 Å². The lowest BCUT2D eigenvalue weighted by atomic mass is 10.1. The lowest BCUT2D eigenvalue weighted by Gasteiger charge is -2.22. The summed E-state index contributed by atoms with van der Waals surface area (Å²) >= 11 is 1.52. The van der Waals surface area contributed by atoms with Gasteiger partial charge in [0, 0.05) is 19.1 Å². The summed E-state index contributed by atoms with van der Waals surface area (Å²) in [4.78, 5) is 4.75. The van der Waals surface area contributed by atoms with Gasteiger partial charge in [-0.3, -0.25) is 0 Å². The van der Waals surface area contributed by atoms with Gasteiger partial charge in [0.05, 0.1) is 5.56 Å². The van der Waals surface area contributed by atoms with Crippen molar-refractivity contribution in [2.75, 3.05) is 37.8 Å². The van der Waals surface area contributed by atoms with Crippen molar-refractivity contribution in [1.82, 2.24) is 9.27 Å². The average Bonchev–Trinajstić information content (AvgIpc) is 3.03. The molecule has 21 heavy (non-hydrogen) atoms. The number of nitrogen functional groups attached to an aromatic ring is 1. The van der Waals surface area contributed by atoms with Gasteiger partial charge in [-0.15, -0.1) is 0 Å². The molecule has 4 nitrogen and oxygen atoms in total. The number of benzene rings is 1. The molecule has 1 aliphatic rings. The Morgan fingerprint density at radius 2 is 1.95 bits per heavy atom.